The molecule has 0 aliphatic heterocycles. The van der Waals surface area contributed by atoms with Gasteiger partial charge in [0.15, 0.2) is 0 Å². The molecule has 1 aromatic carbocycles. The van der Waals surface area contributed by atoms with Gasteiger partial charge in [0.2, 0.25) is 0 Å². The van der Waals surface area contributed by atoms with Gasteiger partial charge < -0.3 is 5.32 Å². The van der Waals surface area contributed by atoms with E-state index < -0.39 is 0 Å². The Hall–Kier alpha value is -2.14. The molecule has 3 aromatic rings. The van der Waals surface area contributed by atoms with Crippen LogP contribution in [0.3, 0.4) is 0 Å². The molecule has 0 saturated carbocycles. The molecule has 0 bridgehead atoms. The van der Waals surface area contributed by atoms with Crippen LogP contribution in [0.4, 0.5) is 5.69 Å². The molecule has 0 atom stereocenters. The van der Waals surface area contributed by atoms with Crippen molar-refractivity contribution in [3.05, 3.63) is 52.6 Å². The van der Waals surface area contributed by atoms with E-state index in [0.717, 1.165) is 34.2 Å². The number of aryl methyl sites for hydroxylation is 1. The minimum absolute atomic E-state index is 0.747. The number of nitrogens with one attached hydrogen (secondary N) is 2. The van der Waals surface area contributed by atoms with Crippen molar-refractivity contribution in [3.63, 3.8) is 0 Å². The zero-order chi connectivity index (χ0) is 13.1. The van der Waals surface area contributed by atoms with Gasteiger partial charge in [-0.05, 0) is 25.1 Å². The second-order valence-corrected chi connectivity index (χ2v) is 5.32. The Morgan fingerprint density at radius 1 is 1.32 bits per heavy atom. The summed E-state index contributed by atoms with van der Waals surface area (Å²) in [6, 6.07) is 10.2. The van der Waals surface area contributed by atoms with Gasteiger partial charge in [-0.15, -0.1) is 11.3 Å². The molecule has 2 aromatic heterocycles. The Balaban J connectivity index is 1.73. The van der Waals surface area contributed by atoms with Gasteiger partial charge in [-0.25, -0.2) is 4.98 Å². The van der Waals surface area contributed by atoms with Crippen LogP contribution in [0.15, 0.2) is 41.9 Å². The fourth-order valence-electron chi connectivity index (χ4n) is 1.90. The molecule has 2 N–H and O–H groups in total. The molecule has 19 heavy (non-hydrogen) atoms. The molecular formula is C14H14N4S. The lowest BCUT2D eigenvalue weighted by Crippen LogP contribution is -1.99. The molecule has 3 rings (SSSR count). The van der Waals surface area contributed by atoms with Crippen LogP contribution < -0.4 is 5.32 Å². The van der Waals surface area contributed by atoms with Crippen LogP contribution in [0.25, 0.3) is 11.3 Å². The second kappa shape index (κ2) is 5.24. The quantitative estimate of drug-likeness (QED) is 0.763. The molecule has 0 fully saturated rings. The van der Waals surface area contributed by atoms with E-state index in [1.54, 1.807) is 17.5 Å². The summed E-state index contributed by atoms with van der Waals surface area (Å²) in [5.41, 5.74) is 4.30. The average molecular weight is 270 g/mol. The van der Waals surface area contributed by atoms with Gasteiger partial charge in [-0.2, -0.15) is 5.10 Å². The third-order valence-electron chi connectivity index (χ3n) is 2.81. The molecule has 0 aliphatic rings. The van der Waals surface area contributed by atoms with Crippen LogP contribution in [0.1, 0.15) is 10.7 Å². The van der Waals surface area contributed by atoms with Gasteiger partial charge in [0.25, 0.3) is 0 Å². The molecule has 0 aliphatic carbocycles. The van der Waals surface area contributed by atoms with Crippen LogP contribution >= 0.6 is 11.3 Å². The number of aromatic nitrogens is 3. The third kappa shape index (κ3) is 2.82. The van der Waals surface area contributed by atoms with Crippen LogP contribution in [0.2, 0.25) is 0 Å². The van der Waals surface area contributed by atoms with Crippen LogP contribution in [-0.4, -0.2) is 15.2 Å². The largest absolute Gasteiger partial charge is 0.379 e. The summed E-state index contributed by atoms with van der Waals surface area (Å²) in [4.78, 5) is 4.44. The molecule has 2 heterocycles. The molecule has 0 radical (unpaired) electrons. The zero-order valence-electron chi connectivity index (χ0n) is 10.6. The first kappa shape index (κ1) is 11.9. The summed E-state index contributed by atoms with van der Waals surface area (Å²) < 4.78 is 0. The van der Waals surface area contributed by atoms with E-state index in [-0.39, 0.29) is 0 Å². The van der Waals surface area contributed by atoms with E-state index in [1.165, 1.54) is 0 Å². The summed E-state index contributed by atoms with van der Waals surface area (Å²) in [5, 5.41) is 13.5. The lowest BCUT2D eigenvalue weighted by molar-refractivity contribution is 1.05. The number of thiazole rings is 1. The van der Waals surface area contributed by atoms with E-state index in [4.69, 9.17) is 0 Å². The predicted octanol–water partition coefficient (Wildman–Crippen LogP) is 3.45. The molecule has 0 saturated heterocycles. The first-order valence-corrected chi connectivity index (χ1v) is 6.94. The Labute approximate surface area is 115 Å². The van der Waals surface area contributed by atoms with E-state index in [0.29, 0.717) is 0 Å². The maximum Gasteiger partial charge on any atom is 0.0898 e. The van der Waals surface area contributed by atoms with Crippen LogP contribution in [-0.2, 0) is 6.54 Å². The number of benzene rings is 1. The monoisotopic (exact) mass is 270 g/mol. The van der Waals surface area contributed by atoms with E-state index in [1.807, 2.05) is 19.1 Å². The van der Waals surface area contributed by atoms with Crippen molar-refractivity contribution in [1.82, 2.24) is 15.2 Å². The van der Waals surface area contributed by atoms with Crippen LogP contribution in [0, 0.1) is 6.92 Å². The fraction of sp³-hybridized carbons (Fsp3) is 0.143. The number of H-pyrrole nitrogens is 1. The van der Waals surface area contributed by atoms with Gasteiger partial charge in [0.05, 0.1) is 22.9 Å². The van der Waals surface area contributed by atoms with Gasteiger partial charge >= 0.3 is 0 Å². The molecule has 0 amide bonds. The molecule has 0 unspecified atom stereocenters. The fourth-order valence-corrected chi connectivity index (χ4v) is 2.51. The molecule has 0 spiro atoms. The predicted molar refractivity (Wildman–Crippen MR) is 78.2 cm³/mol. The van der Waals surface area contributed by atoms with Gasteiger partial charge in [-0.3, -0.25) is 5.10 Å². The summed E-state index contributed by atoms with van der Waals surface area (Å²) >= 11 is 1.68. The Bertz CT molecular complexity index is 658. The molecule has 4 nitrogen and oxygen atoms in total. The van der Waals surface area contributed by atoms with Crippen molar-refractivity contribution in [2.75, 3.05) is 5.32 Å². The average Bonchev–Trinajstić information content (AvgIpc) is 3.08. The second-order valence-electron chi connectivity index (χ2n) is 4.26. The molecule has 5 heteroatoms. The van der Waals surface area contributed by atoms with Gasteiger partial charge in [0.1, 0.15) is 0 Å². The van der Waals surface area contributed by atoms with Gasteiger partial charge in [0, 0.05) is 22.8 Å². The number of hydrogen-bond acceptors (Lipinski definition) is 4. The highest BCUT2D eigenvalue weighted by molar-refractivity contribution is 7.09. The third-order valence-corrected chi connectivity index (χ3v) is 3.64. The topological polar surface area (TPSA) is 53.6 Å². The highest BCUT2D eigenvalue weighted by atomic mass is 32.1. The van der Waals surface area contributed by atoms with Crippen LogP contribution in [0.5, 0.6) is 0 Å². The van der Waals surface area contributed by atoms with Gasteiger partial charge in [-0.1, -0.05) is 12.1 Å². The van der Waals surface area contributed by atoms with Crippen molar-refractivity contribution in [3.8, 4) is 11.3 Å². The summed E-state index contributed by atoms with van der Waals surface area (Å²) in [6.07, 6.45) is 1.76. The van der Waals surface area contributed by atoms with E-state index in [2.05, 4.69) is 44.1 Å². The molecular weight excluding hydrogens is 256 g/mol. The first-order chi connectivity index (χ1) is 9.31. The Morgan fingerprint density at radius 3 is 3.00 bits per heavy atom. The number of aromatic amines is 1. The highest BCUT2D eigenvalue weighted by Gasteiger charge is 2.01. The summed E-state index contributed by atoms with van der Waals surface area (Å²) in [7, 11) is 0. The molecule has 96 valence electrons. The number of anilines is 1. The lowest BCUT2D eigenvalue weighted by atomic mass is 10.1. The standard InChI is InChI=1S/C14H14N4S/c1-10-17-13(9-19-10)8-15-12-4-2-3-11(7-12)14-5-6-16-18-14/h2-7,9,15H,8H2,1H3,(H,16,18). The maximum absolute atomic E-state index is 4.44. The van der Waals surface area contributed by atoms with E-state index in [9.17, 15) is 0 Å². The Morgan fingerprint density at radius 2 is 2.26 bits per heavy atom. The van der Waals surface area contributed by atoms with E-state index >= 15 is 0 Å². The maximum atomic E-state index is 4.44. The highest BCUT2D eigenvalue weighted by Crippen LogP contribution is 2.20. The van der Waals surface area contributed by atoms with Crippen molar-refractivity contribution >= 4 is 17.0 Å². The minimum atomic E-state index is 0.747. The summed E-state index contributed by atoms with van der Waals surface area (Å²) in [6.45, 7) is 2.77. The minimum Gasteiger partial charge on any atom is -0.379 e. The van der Waals surface area contributed by atoms with Crippen molar-refractivity contribution < 1.29 is 0 Å². The number of rotatable bonds is 4. The normalized spacial score (nSPS) is 10.6. The van der Waals surface area contributed by atoms with Crippen molar-refractivity contribution in [2.45, 2.75) is 13.5 Å². The zero-order valence-corrected chi connectivity index (χ0v) is 11.4. The Kier molecular flexibility index (Phi) is 3.29. The van der Waals surface area contributed by atoms with Crippen molar-refractivity contribution in [1.29, 1.82) is 0 Å². The lowest BCUT2D eigenvalue weighted by Gasteiger charge is -2.06. The SMILES string of the molecule is Cc1nc(CNc2cccc(-c3ccn[nH]3)c2)cs1. The number of hydrogen-bond donors (Lipinski definition) is 2. The number of nitrogens with zero attached hydrogens (tertiary/aromatic N) is 2. The first-order valence-electron chi connectivity index (χ1n) is 6.06. The smallest absolute Gasteiger partial charge is 0.0898 e. The summed E-state index contributed by atoms with van der Waals surface area (Å²) in [5.74, 6) is 0. The van der Waals surface area contributed by atoms with Crippen molar-refractivity contribution in [2.24, 2.45) is 0 Å².